The van der Waals surface area contributed by atoms with Crippen LogP contribution >= 0.6 is 0 Å². The summed E-state index contributed by atoms with van der Waals surface area (Å²) in [4.78, 5) is 39.6. The number of terminal acetylenes is 1. The van der Waals surface area contributed by atoms with Crippen LogP contribution in [0.4, 0.5) is 5.82 Å². The van der Waals surface area contributed by atoms with Crippen molar-refractivity contribution in [3.63, 3.8) is 0 Å². The largest absolute Gasteiger partial charge is 0.383 e. The Morgan fingerprint density at radius 1 is 1.26 bits per heavy atom. The monoisotopic (exact) mass is 454 g/mol. The van der Waals surface area contributed by atoms with Crippen molar-refractivity contribution in [2.45, 2.75) is 39.0 Å². The van der Waals surface area contributed by atoms with Gasteiger partial charge in [-0.1, -0.05) is 12.0 Å². The molecule has 1 saturated heterocycles. The van der Waals surface area contributed by atoms with Gasteiger partial charge in [0.05, 0.1) is 11.1 Å². The second-order valence-electron chi connectivity index (χ2n) is 8.96. The fraction of sp³-hybridized carbons (Fsp3) is 0.346. The molecule has 1 atom stereocenters. The number of hydrogen-bond acceptors (Lipinski definition) is 6. The lowest BCUT2D eigenvalue weighted by Crippen LogP contribution is -2.37. The number of amides is 2. The number of aryl methyl sites for hydroxylation is 2. The van der Waals surface area contributed by atoms with Gasteiger partial charge in [0.2, 0.25) is 11.8 Å². The van der Waals surface area contributed by atoms with Crippen molar-refractivity contribution in [3.8, 4) is 23.6 Å². The molecule has 2 N–H and O–H groups in total. The Hall–Kier alpha value is -3.99. The Kier molecular flexibility index (Phi) is 5.40. The molecule has 5 rings (SSSR count). The highest BCUT2D eigenvalue weighted by Crippen LogP contribution is 2.43. The molecule has 1 fully saturated rings. The van der Waals surface area contributed by atoms with E-state index in [1.54, 1.807) is 6.20 Å². The van der Waals surface area contributed by atoms with Gasteiger partial charge < -0.3 is 10.3 Å². The van der Waals surface area contributed by atoms with Gasteiger partial charge in [0.1, 0.15) is 23.5 Å². The zero-order valence-electron chi connectivity index (χ0n) is 19.3. The number of carbonyl (C=O) groups excluding carboxylic acids is 2. The summed E-state index contributed by atoms with van der Waals surface area (Å²) in [7, 11) is 1.96. The number of nitrogens with zero attached hydrogens (tertiary/aromatic N) is 5. The molecule has 0 radical (unpaired) electrons. The van der Waals surface area contributed by atoms with Crippen molar-refractivity contribution in [1.82, 2.24) is 24.4 Å². The third kappa shape index (κ3) is 3.45. The summed E-state index contributed by atoms with van der Waals surface area (Å²) >= 11 is 0. The van der Waals surface area contributed by atoms with Crippen LogP contribution in [-0.4, -0.2) is 42.8 Å². The molecule has 1 aliphatic heterocycles. The highest BCUT2D eigenvalue weighted by Gasteiger charge is 2.34. The van der Waals surface area contributed by atoms with E-state index in [-0.39, 0.29) is 17.7 Å². The molecule has 2 amide bonds. The fourth-order valence-electron chi connectivity index (χ4n) is 5.17. The molecule has 4 heterocycles. The molecule has 0 aromatic carbocycles. The number of rotatable bonds is 3. The average molecular weight is 455 g/mol. The zero-order valence-corrected chi connectivity index (χ0v) is 19.3. The van der Waals surface area contributed by atoms with Crippen LogP contribution < -0.4 is 5.73 Å². The molecule has 0 unspecified atom stereocenters. The summed E-state index contributed by atoms with van der Waals surface area (Å²) in [5, 5.41) is 0.797. The molecule has 0 bridgehead atoms. The number of nitrogens with two attached hydrogens (primary N) is 1. The first-order chi connectivity index (χ1) is 16.4. The van der Waals surface area contributed by atoms with Crippen LogP contribution in [0, 0.1) is 25.2 Å². The Morgan fingerprint density at radius 3 is 2.74 bits per heavy atom. The van der Waals surface area contributed by atoms with E-state index in [9.17, 15) is 9.59 Å². The minimum absolute atomic E-state index is 0.0521. The molecule has 172 valence electrons. The normalized spacial score (nSPS) is 18.3. The number of fused-ring (bicyclic) bond motifs is 1. The van der Waals surface area contributed by atoms with Crippen molar-refractivity contribution in [1.29, 1.82) is 0 Å². The number of nitrogen functional groups attached to an aromatic ring is 1. The van der Waals surface area contributed by atoms with Crippen LogP contribution in [0.15, 0.2) is 24.7 Å². The van der Waals surface area contributed by atoms with E-state index in [2.05, 4.69) is 26.9 Å². The van der Waals surface area contributed by atoms with E-state index >= 15 is 0 Å². The first kappa shape index (κ1) is 21.8. The van der Waals surface area contributed by atoms with E-state index in [0.29, 0.717) is 43.7 Å². The molecule has 34 heavy (non-hydrogen) atoms. The fourth-order valence-corrected chi connectivity index (χ4v) is 5.17. The predicted octanol–water partition coefficient (Wildman–Crippen LogP) is 3.23. The van der Waals surface area contributed by atoms with Crippen molar-refractivity contribution in [2.75, 3.05) is 12.3 Å². The Labute approximate surface area is 197 Å². The van der Waals surface area contributed by atoms with Crippen molar-refractivity contribution >= 4 is 34.2 Å². The van der Waals surface area contributed by atoms with E-state index in [1.165, 1.54) is 11.2 Å². The van der Waals surface area contributed by atoms with Gasteiger partial charge in [0, 0.05) is 43.3 Å². The van der Waals surface area contributed by atoms with Gasteiger partial charge in [-0.05, 0) is 49.8 Å². The topological polar surface area (TPSA) is 107 Å². The standard InChI is InChI=1S/C26H26N6O2/c1-4-18-12-15(2)19(13-28-18)23-21(22-24(27)29-14-30-25(22)31(23)3)16-7-9-17(10-8-16)26(34)32-11-5-6-20(32)33/h1,7,12-14,17H,5-6,8-11H2,2-3H3,(H2,27,29,30)/t17-/m1/s1. The number of allylic oxidation sites excluding steroid dienone is 2. The van der Waals surface area contributed by atoms with Crippen LogP contribution in [0.1, 0.15) is 48.9 Å². The van der Waals surface area contributed by atoms with E-state index in [1.807, 2.05) is 24.6 Å². The molecule has 3 aromatic rings. The number of imide groups is 1. The van der Waals surface area contributed by atoms with Crippen molar-refractivity contribution in [2.24, 2.45) is 13.0 Å². The van der Waals surface area contributed by atoms with Gasteiger partial charge >= 0.3 is 0 Å². The lowest BCUT2D eigenvalue weighted by atomic mass is 9.84. The summed E-state index contributed by atoms with van der Waals surface area (Å²) in [6.07, 6.45) is 14.1. The molecule has 1 aliphatic carbocycles. The van der Waals surface area contributed by atoms with Gasteiger partial charge in [0.25, 0.3) is 0 Å². The first-order valence-electron chi connectivity index (χ1n) is 11.5. The predicted molar refractivity (Wildman–Crippen MR) is 130 cm³/mol. The van der Waals surface area contributed by atoms with Crippen LogP contribution in [0.25, 0.3) is 27.9 Å². The molecule has 8 heteroatoms. The average Bonchev–Trinajstić information content (AvgIpc) is 3.40. The Morgan fingerprint density at radius 2 is 2.09 bits per heavy atom. The second kappa shape index (κ2) is 8.41. The summed E-state index contributed by atoms with van der Waals surface area (Å²) in [6.45, 7) is 2.54. The van der Waals surface area contributed by atoms with Crippen LogP contribution in [0.2, 0.25) is 0 Å². The highest BCUT2D eigenvalue weighted by molar-refractivity contribution is 6.05. The number of aromatic nitrogens is 4. The third-order valence-corrected chi connectivity index (χ3v) is 6.93. The zero-order chi connectivity index (χ0) is 24.0. The first-order valence-corrected chi connectivity index (χ1v) is 11.5. The minimum Gasteiger partial charge on any atom is -0.383 e. The van der Waals surface area contributed by atoms with Crippen molar-refractivity contribution < 1.29 is 9.59 Å². The van der Waals surface area contributed by atoms with E-state index < -0.39 is 0 Å². The van der Waals surface area contributed by atoms with E-state index in [4.69, 9.17) is 12.2 Å². The maximum absolute atomic E-state index is 12.9. The molecular formula is C26H26N6O2. The quantitative estimate of drug-likeness (QED) is 0.481. The maximum atomic E-state index is 12.9. The van der Waals surface area contributed by atoms with E-state index in [0.717, 1.165) is 45.4 Å². The summed E-state index contributed by atoms with van der Waals surface area (Å²) in [6, 6.07) is 1.89. The minimum atomic E-state index is -0.184. The number of hydrogen-bond donors (Lipinski definition) is 1. The summed E-state index contributed by atoms with van der Waals surface area (Å²) in [5.41, 5.74) is 12.6. The molecule has 8 nitrogen and oxygen atoms in total. The lowest BCUT2D eigenvalue weighted by molar-refractivity contribution is -0.144. The second-order valence-corrected chi connectivity index (χ2v) is 8.96. The molecule has 0 spiro atoms. The van der Waals surface area contributed by atoms with Crippen molar-refractivity contribution in [3.05, 3.63) is 41.5 Å². The number of pyridine rings is 1. The molecule has 2 aliphatic rings. The third-order valence-electron chi connectivity index (χ3n) is 6.93. The van der Waals surface area contributed by atoms with Gasteiger partial charge in [-0.25, -0.2) is 15.0 Å². The van der Waals surface area contributed by atoms with Gasteiger partial charge in [0.15, 0.2) is 0 Å². The molecule has 0 saturated carbocycles. The van der Waals surface area contributed by atoms with Gasteiger partial charge in [-0.2, -0.15) is 0 Å². The summed E-state index contributed by atoms with van der Waals surface area (Å²) < 4.78 is 2.02. The molecular weight excluding hydrogens is 428 g/mol. The van der Waals surface area contributed by atoms with Crippen LogP contribution in [0.3, 0.4) is 0 Å². The highest BCUT2D eigenvalue weighted by atomic mass is 16.2. The number of anilines is 1. The molecule has 3 aromatic heterocycles. The lowest BCUT2D eigenvalue weighted by Gasteiger charge is -2.25. The van der Waals surface area contributed by atoms with Gasteiger partial charge in [-0.15, -0.1) is 6.42 Å². The smallest absolute Gasteiger partial charge is 0.232 e. The number of carbonyl (C=O) groups is 2. The maximum Gasteiger partial charge on any atom is 0.232 e. The van der Waals surface area contributed by atoms with Gasteiger partial charge in [-0.3, -0.25) is 14.5 Å². The summed E-state index contributed by atoms with van der Waals surface area (Å²) in [5.74, 6) is 2.70. The van der Waals surface area contributed by atoms with Crippen LogP contribution in [-0.2, 0) is 16.6 Å². The Balaban J connectivity index is 1.61. The van der Waals surface area contributed by atoms with Crippen LogP contribution in [0.5, 0.6) is 0 Å². The SMILES string of the molecule is C#Cc1cc(C)c(-c2c(C3=CC[C@@H](C(=O)N4CCCC4=O)CC3)c3c(N)ncnc3n2C)cn1. The Bertz CT molecular complexity index is 1410. The number of likely N-dealkylation sites (tertiary alicyclic amines) is 1.